The van der Waals surface area contributed by atoms with E-state index in [-0.39, 0.29) is 5.82 Å². The van der Waals surface area contributed by atoms with Gasteiger partial charge in [0.1, 0.15) is 5.82 Å². The first kappa shape index (κ1) is 14.0. The van der Waals surface area contributed by atoms with Crippen molar-refractivity contribution in [3.05, 3.63) is 51.6 Å². The molecule has 0 radical (unpaired) electrons. The molecule has 2 aromatic rings. The second-order valence-corrected chi connectivity index (χ2v) is 5.07. The molecule has 1 N–H and O–H groups in total. The van der Waals surface area contributed by atoms with Gasteiger partial charge in [-0.05, 0) is 31.5 Å². The van der Waals surface area contributed by atoms with Gasteiger partial charge >= 0.3 is 0 Å². The summed E-state index contributed by atoms with van der Waals surface area (Å²) in [6.07, 6.45) is -0.358. The van der Waals surface area contributed by atoms with Crippen molar-refractivity contribution in [1.82, 2.24) is 9.78 Å². The summed E-state index contributed by atoms with van der Waals surface area (Å²) in [7, 11) is 1.84. The Balaban J connectivity index is 2.28. The fraction of sp³-hybridized carbons (Fsp3) is 0.357. The summed E-state index contributed by atoms with van der Waals surface area (Å²) in [5, 5.41) is 14.9. The molecule has 0 saturated carbocycles. The lowest BCUT2D eigenvalue weighted by Crippen LogP contribution is -2.05. The van der Waals surface area contributed by atoms with E-state index in [4.69, 9.17) is 11.6 Å². The number of benzene rings is 1. The van der Waals surface area contributed by atoms with Gasteiger partial charge in [0, 0.05) is 29.7 Å². The van der Waals surface area contributed by atoms with Crippen LogP contribution in [0.5, 0.6) is 0 Å². The first-order valence-corrected chi connectivity index (χ1v) is 6.40. The van der Waals surface area contributed by atoms with Crippen LogP contribution in [-0.4, -0.2) is 14.9 Å². The zero-order valence-corrected chi connectivity index (χ0v) is 11.9. The topological polar surface area (TPSA) is 38.0 Å². The number of aliphatic hydroxyl groups excluding tert-OH is 1. The molecule has 102 valence electrons. The minimum atomic E-state index is -0.698. The Labute approximate surface area is 116 Å². The first-order valence-electron chi connectivity index (χ1n) is 6.02. The Morgan fingerprint density at radius 1 is 1.42 bits per heavy atom. The highest BCUT2D eigenvalue weighted by Crippen LogP contribution is 2.27. The van der Waals surface area contributed by atoms with Crippen molar-refractivity contribution in [2.75, 3.05) is 0 Å². The van der Waals surface area contributed by atoms with Gasteiger partial charge in [0.05, 0.1) is 11.8 Å². The molecular weight excluding hydrogens is 267 g/mol. The number of aryl methyl sites for hydroxylation is 2. The van der Waals surface area contributed by atoms with Gasteiger partial charge < -0.3 is 5.11 Å². The van der Waals surface area contributed by atoms with Gasteiger partial charge in [0.2, 0.25) is 0 Å². The van der Waals surface area contributed by atoms with Crippen molar-refractivity contribution in [2.45, 2.75) is 26.4 Å². The molecule has 0 amide bonds. The molecule has 1 unspecified atom stereocenters. The minimum Gasteiger partial charge on any atom is -0.388 e. The van der Waals surface area contributed by atoms with Crippen LogP contribution >= 0.6 is 11.6 Å². The minimum absolute atomic E-state index is 0.332. The summed E-state index contributed by atoms with van der Waals surface area (Å²) in [6.45, 7) is 3.77. The van der Waals surface area contributed by atoms with Gasteiger partial charge in [0.25, 0.3) is 0 Å². The zero-order valence-electron chi connectivity index (χ0n) is 11.1. The Kier molecular flexibility index (Phi) is 3.92. The summed E-state index contributed by atoms with van der Waals surface area (Å²) < 4.78 is 14.7. The number of aliphatic hydroxyl groups is 1. The number of aromatic nitrogens is 2. The number of halogens is 2. The number of rotatable bonds is 3. The quantitative estimate of drug-likeness (QED) is 0.939. The standard InChI is InChI=1S/C14H16ClFN2O/c1-8-14(9(2)18(3)17-8)13(19)6-10-4-5-11(16)7-12(10)15/h4-5,7,13,19H,6H2,1-3H3. The van der Waals surface area contributed by atoms with Crippen LogP contribution in [0.1, 0.15) is 28.6 Å². The van der Waals surface area contributed by atoms with E-state index in [2.05, 4.69) is 5.10 Å². The van der Waals surface area contributed by atoms with Crippen LogP contribution in [0.3, 0.4) is 0 Å². The molecule has 5 heteroatoms. The predicted molar refractivity (Wildman–Crippen MR) is 72.8 cm³/mol. The Morgan fingerprint density at radius 3 is 2.63 bits per heavy atom. The molecule has 0 aliphatic rings. The molecule has 1 aromatic carbocycles. The lowest BCUT2D eigenvalue weighted by molar-refractivity contribution is 0.177. The van der Waals surface area contributed by atoms with E-state index < -0.39 is 6.10 Å². The summed E-state index contributed by atoms with van der Waals surface area (Å²) in [5.41, 5.74) is 3.25. The van der Waals surface area contributed by atoms with Crippen LogP contribution in [0, 0.1) is 19.7 Å². The van der Waals surface area contributed by atoms with Crippen LogP contribution in [0.4, 0.5) is 4.39 Å². The average molecular weight is 283 g/mol. The van der Waals surface area contributed by atoms with E-state index in [1.807, 2.05) is 20.9 Å². The highest BCUT2D eigenvalue weighted by atomic mass is 35.5. The largest absolute Gasteiger partial charge is 0.388 e. The molecule has 0 aliphatic heterocycles. The maximum atomic E-state index is 13.0. The van der Waals surface area contributed by atoms with Crippen molar-refractivity contribution in [1.29, 1.82) is 0 Å². The normalized spacial score (nSPS) is 12.7. The molecule has 1 aromatic heterocycles. The molecule has 19 heavy (non-hydrogen) atoms. The molecule has 0 spiro atoms. The van der Waals surface area contributed by atoms with E-state index >= 15 is 0 Å². The summed E-state index contributed by atoms with van der Waals surface area (Å²) in [5.74, 6) is -0.378. The summed E-state index contributed by atoms with van der Waals surface area (Å²) in [4.78, 5) is 0. The van der Waals surface area contributed by atoms with Gasteiger partial charge in [-0.1, -0.05) is 17.7 Å². The monoisotopic (exact) mass is 282 g/mol. The van der Waals surface area contributed by atoms with Gasteiger partial charge in [-0.15, -0.1) is 0 Å². The van der Waals surface area contributed by atoms with Gasteiger partial charge in [-0.3, -0.25) is 4.68 Å². The lowest BCUT2D eigenvalue weighted by Gasteiger charge is -2.12. The molecule has 2 rings (SSSR count). The van der Waals surface area contributed by atoms with Crippen molar-refractivity contribution in [3.63, 3.8) is 0 Å². The Bertz CT molecular complexity index is 610. The van der Waals surface area contributed by atoms with Crippen molar-refractivity contribution < 1.29 is 9.50 Å². The highest BCUT2D eigenvalue weighted by Gasteiger charge is 2.19. The van der Waals surface area contributed by atoms with Crippen molar-refractivity contribution >= 4 is 11.6 Å². The second-order valence-electron chi connectivity index (χ2n) is 4.66. The summed E-state index contributed by atoms with van der Waals surface area (Å²) >= 11 is 5.97. The number of hydrogen-bond donors (Lipinski definition) is 1. The fourth-order valence-corrected chi connectivity index (χ4v) is 2.51. The predicted octanol–water partition coefficient (Wildman–Crippen LogP) is 3.11. The van der Waals surface area contributed by atoms with Gasteiger partial charge in [-0.2, -0.15) is 5.10 Å². The first-order chi connectivity index (χ1) is 8.90. The average Bonchev–Trinajstić information content (AvgIpc) is 2.57. The SMILES string of the molecule is Cc1nn(C)c(C)c1C(O)Cc1ccc(F)cc1Cl. The third kappa shape index (κ3) is 2.80. The van der Waals surface area contributed by atoms with E-state index in [0.29, 0.717) is 11.4 Å². The van der Waals surface area contributed by atoms with E-state index in [0.717, 1.165) is 22.5 Å². The molecule has 0 fully saturated rings. The highest BCUT2D eigenvalue weighted by molar-refractivity contribution is 6.31. The van der Waals surface area contributed by atoms with E-state index in [9.17, 15) is 9.50 Å². The van der Waals surface area contributed by atoms with E-state index in [1.165, 1.54) is 12.1 Å². The molecule has 3 nitrogen and oxygen atoms in total. The maximum Gasteiger partial charge on any atom is 0.124 e. The molecule has 0 aliphatic carbocycles. The second kappa shape index (κ2) is 5.31. The number of nitrogens with zero attached hydrogens (tertiary/aromatic N) is 2. The van der Waals surface area contributed by atoms with Crippen LogP contribution in [0.25, 0.3) is 0 Å². The Hall–Kier alpha value is -1.39. The molecule has 1 atom stereocenters. The van der Waals surface area contributed by atoms with Crippen LogP contribution < -0.4 is 0 Å². The third-order valence-corrected chi connectivity index (χ3v) is 3.68. The molecule has 1 heterocycles. The van der Waals surface area contributed by atoms with Crippen LogP contribution in [-0.2, 0) is 13.5 Å². The number of hydrogen-bond acceptors (Lipinski definition) is 2. The Morgan fingerprint density at radius 2 is 2.11 bits per heavy atom. The third-order valence-electron chi connectivity index (χ3n) is 3.33. The fourth-order valence-electron chi connectivity index (χ4n) is 2.27. The lowest BCUT2D eigenvalue weighted by atomic mass is 10.00. The molecule has 0 saturated heterocycles. The van der Waals surface area contributed by atoms with Crippen LogP contribution in [0.2, 0.25) is 5.02 Å². The smallest absolute Gasteiger partial charge is 0.124 e. The molecule has 0 bridgehead atoms. The van der Waals surface area contributed by atoms with Gasteiger partial charge in [0.15, 0.2) is 0 Å². The van der Waals surface area contributed by atoms with Crippen molar-refractivity contribution in [2.24, 2.45) is 7.05 Å². The van der Waals surface area contributed by atoms with Gasteiger partial charge in [-0.25, -0.2) is 4.39 Å². The zero-order chi connectivity index (χ0) is 14.2. The van der Waals surface area contributed by atoms with Crippen LogP contribution in [0.15, 0.2) is 18.2 Å². The van der Waals surface area contributed by atoms with Crippen molar-refractivity contribution in [3.8, 4) is 0 Å². The maximum absolute atomic E-state index is 13.0. The van der Waals surface area contributed by atoms with E-state index in [1.54, 1.807) is 10.7 Å². The molecular formula is C14H16ClFN2O. The summed E-state index contributed by atoms with van der Waals surface area (Å²) in [6, 6.07) is 4.20.